The maximum Gasteiger partial charge on any atom is 0.223 e. The first-order valence-corrected chi connectivity index (χ1v) is 9.00. The Hall–Kier alpha value is -2.66. The third kappa shape index (κ3) is 3.35. The van der Waals surface area contributed by atoms with Crippen LogP contribution in [0.2, 0.25) is 0 Å². The van der Waals surface area contributed by atoms with Gasteiger partial charge in [0.2, 0.25) is 5.91 Å². The van der Waals surface area contributed by atoms with Crippen molar-refractivity contribution in [2.45, 2.75) is 12.5 Å². The van der Waals surface area contributed by atoms with E-state index in [1.807, 2.05) is 42.3 Å². The van der Waals surface area contributed by atoms with E-state index in [1.54, 1.807) is 12.4 Å². The third-order valence-electron chi connectivity index (χ3n) is 5.19. The number of pyridine rings is 1. The molecule has 2 aromatic rings. The summed E-state index contributed by atoms with van der Waals surface area (Å²) in [6.07, 6.45) is 6.35. The quantitative estimate of drug-likeness (QED) is 0.902. The summed E-state index contributed by atoms with van der Waals surface area (Å²) < 4.78 is 5.81. The fourth-order valence-corrected chi connectivity index (χ4v) is 3.87. The van der Waals surface area contributed by atoms with Crippen molar-refractivity contribution < 1.29 is 9.53 Å². The van der Waals surface area contributed by atoms with Crippen molar-refractivity contribution in [3.63, 3.8) is 0 Å². The molecule has 26 heavy (non-hydrogen) atoms. The topological polar surface area (TPSA) is 54.5 Å². The van der Waals surface area contributed by atoms with E-state index < -0.39 is 0 Å². The Morgan fingerprint density at radius 2 is 2.04 bits per heavy atom. The minimum atomic E-state index is 0.107. The number of carbonyl (C=O) groups is 1. The lowest BCUT2D eigenvalue weighted by molar-refractivity contribution is -0.127. The molecule has 1 aromatic heterocycles. The number of para-hydroxylation sites is 1. The molecule has 1 saturated heterocycles. The zero-order chi connectivity index (χ0) is 17.9. The van der Waals surface area contributed by atoms with Gasteiger partial charge in [-0.3, -0.25) is 9.78 Å². The predicted molar refractivity (Wildman–Crippen MR) is 101 cm³/mol. The fraction of sp³-hybridized carbons (Fsp3) is 0.333. The number of benzene rings is 1. The van der Waals surface area contributed by atoms with Gasteiger partial charge in [-0.2, -0.15) is 0 Å². The fourth-order valence-electron chi connectivity index (χ4n) is 3.87. The molecule has 0 unspecified atom stereocenters. The second-order valence-electron chi connectivity index (χ2n) is 6.95. The van der Waals surface area contributed by atoms with Gasteiger partial charge in [0.15, 0.2) is 0 Å². The van der Waals surface area contributed by atoms with Crippen LogP contribution in [0.3, 0.4) is 0 Å². The van der Waals surface area contributed by atoms with Crippen LogP contribution in [-0.4, -0.2) is 42.5 Å². The van der Waals surface area contributed by atoms with Gasteiger partial charge in [-0.1, -0.05) is 18.2 Å². The molecular formula is C21H23N3O2. The number of nitrogens with zero attached hydrogens (tertiary/aromatic N) is 2. The summed E-state index contributed by atoms with van der Waals surface area (Å²) >= 11 is 0. The van der Waals surface area contributed by atoms with Gasteiger partial charge in [0, 0.05) is 50.4 Å². The first-order valence-electron chi connectivity index (χ1n) is 9.00. The van der Waals surface area contributed by atoms with E-state index in [2.05, 4.69) is 22.4 Å². The molecular weight excluding hydrogens is 326 g/mol. The zero-order valence-electron chi connectivity index (χ0n) is 14.9. The lowest BCUT2D eigenvalue weighted by atomic mass is 9.94. The molecule has 2 aliphatic heterocycles. The highest BCUT2D eigenvalue weighted by Gasteiger charge is 2.38. The molecule has 0 aliphatic carbocycles. The molecule has 5 nitrogen and oxygen atoms in total. The predicted octanol–water partition coefficient (Wildman–Crippen LogP) is 2.67. The Kier molecular flexibility index (Phi) is 4.71. The molecule has 134 valence electrons. The molecule has 0 saturated carbocycles. The molecule has 0 bridgehead atoms. The van der Waals surface area contributed by atoms with E-state index in [1.165, 1.54) is 5.57 Å². The van der Waals surface area contributed by atoms with Gasteiger partial charge >= 0.3 is 0 Å². The summed E-state index contributed by atoms with van der Waals surface area (Å²) in [4.78, 5) is 18.2. The largest absolute Gasteiger partial charge is 0.489 e. The molecule has 2 atom stereocenters. The van der Waals surface area contributed by atoms with Crippen LogP contribution in [0.25, 0.3) is 6.08 Å². The van der Waals surface area contributed by atoms with E-state index in [0.29, 0.717) is 13.0 Å². The van der Waals surface area contributed by atoms with Gasteiger partial charge < -0.3 is 15.0 Å². The Bertz CT molecular complexity index is 819. The minimum Gasteiger partial charge on any atom is -0.489 e. The van der Waals surface area contributed by atoms with Gasteiger partial charge in [0.1, 0.15) is 12.4 Å². The summed E-state index contributed by atoms with van der Waals surface area (Å²) in [7, 11) is 1.89. The Labute approximate surface area is 153 Å². The number of rotatable bonds is 5. The Balaban J connectivity index is 1.40. The number of ether oxygens (including phenoxy) is 1. The first-order chi connectivity index (χ1) is 12.7. The maximum absolute atomic E-state index is 12.2. The number of likely N-dealkylation sites (tertiary alicyclic amines) is 1. The molecule has 0 radical (unpaired) electrons. The van der Waals surface area contributed by atoms with Crippen molar-refractivity contribution in [2.75, 3.05) is 26.7 Å². The van der Waals surface area contributed by atoms with Crippen molar-refractivity contribution in [1.82, 2.24) is 15.2 Å². The summed E-state index contributed by atoms with van der Waals surface area (Å²) in [5.74, 6) is 1.40. The molecule has 2 aliphatic rings. The van der Waals surface area contributed by atoms with Gasteiger partial charge in [-0.25, -0.2) is 0 Å². The maximum atomic E-state index is 12.2. The molecule has 3 heterocycles. The molecule has 4 rings (SSSR count). The lowest BCUT2D eigenvalue weighted by Crippen LogP contribution is -2.31. The lowest BCUT2D eigenvalue weighted by Gasteiger charge is -2.26. The van der Waals surface area contributed by atoms with Crippen LogP contribution in [0.1, 0.15) is 23.6 Å². The Morgan fingerprint density at radius 3 is 2.88 bits per heavy atom. The molecule has 1 amide bonds. The van der Waals surface area contributed by atoms with Gasteiger partial charge in [0.25, 0.3) is 0 Å². The van der Waals surface area contributed by atoms with E-state index in [0.717, 1.165) is 30.0 Å². The average Bonchev–Trinajstić information content (AvgIpc) is 2.96. The van der Waals surface area contributed by atoms with Crippen molar-refractivity contribution in [3.8, 4) is 5.75 Å². The summed E-state index contributed by atoms with van der Waals surface area (Å²) in [6.45, 7) is 2.18. The second kappa shape index (κ2) is 7.30. The molecule has 1 fully saturated rings. The normalized spacial score (nSPS) is 22.0. The van der Waals surface area contributed by atoms with E-state index in [-0.39, 0.29) is 17.9 Å². The van der Waals surface area contributed by atoms with Crippen molar-refractivity contribution in [2.24, 2.45) is 5.92 Å². The van der Waals surface area contributed by atoms with Crippen molar-refractivity contribution >= 4 is 12.0 Å². The van der Waals surface area contributed by atoms with E-state index >= 15 is 0 Å². The van der Waals surface area contributed by atoms with Crippen LogP contribution in [0.4, 0.5) is 0 Å². The van der Waals surface area contributed by atoms with Crippen molar-refractivity contribution in [1.29, 1.82) is 0 Å². The average molecular weight is 349 g/mol. The number of aromatic nitrogens is 1. The van der Waals surface area contributed by atoms with Crippen LogP contribution in [0.5, 0.6) is 5.75 Å². The third-order valence-corrected chi connectivity index (χ3v) is 5.19. The first kappa shape index (κ1) is 16.8. The van der Waals surface area contributed by atoms with Crippen LogP contribution in [-0.2, 0) is 4.79 Å². The van der Waals surface area contributed by atoms with E-state index in [9.17, 15) is 4.79 Å². The molecule has 1 N–H and O–H groups in total. The molecule has 5 heteroatoms. The number of fused-ring (bicyclic) bond motifs is 1. The number of carbonyl (C=O) groups excluding carboxylic acids is 1. The van der Waals surface area contributed by atoms with Crippen LogP contribution >= 0.6 is 0 Å². The van der Waals surface area contributed by atoms with E-state index in [4.69, 9.17) is 4.74 Å². The second-order valence-corrected chi connectivity index (χ2v) is 6.95. The smallest absolute Gasteiger partial charge is 0.223 e. The highest BCUT2D eigenvalue weighted by molar-refractivity contribution is 5.79. The van der Waals surface area contributed by atoms with Crippen LogP contribution in [0.15, 0.2) is 54.4 Å². The SMILES string of the molecule is CN1C(=O)C[C@@H](CNCC2=Cc3ccccc3OC2)[C@@H]1c1ccncc1. The van der Waals surface area contributed by atoms with Gasteiger partial charge in [-0.15, -0.1) is 0 Å². The number of hydrogen-bond donors (Lipinski definition) is 1. The zero-order valence-corrected chi connectivity index (χ0v) is 14.9. The minimum absolute atomic E-state index is 0.107. The highest BCUT2D eigenvalue weighted by atomic mass is 16.5. The highest BCUT2D eigenvalue weighted by Crippen LogP contribution is 2.36. The summed E-state index contributed by atoms with van der Waals surface area (Å²) in [5, 5.41) is 3.53. The van der Waals surface area contributed by atoms with Crippen molar-refractivity contribution in [3.05, 3.63) is 65.5 Å². The van der Waals surface area contributed by atoms with Gasteiger partial charge in [0.05, 0.1) is 6.04 Å². The van der Waals surface area contributed by atoms with Crippen LogP contribution < -0.4 is 10.1 Å². The number of amides is 1. The number of hydrogen-bond acceptors (Lipinski definition) is 4. The van der Waals surface area contributed by atoms with Gasteiger partial charge in [-0.05, 0) is 35.4 Å². The summed E-state index contributed by atoms with van der Waals surface area (Å²) in [5.41, 5.74) is 3.50. The Morgan fingerprint density at radius 1 is 1.23 bits per heavy atom. The molecule has 1 aromatic carbocycles. The standard InChI is InChI=1S/C21H23N3O2/c1-24-20(25)11-18(21(24)16-6-8-22-9-7-16)13-23-12-15-10-17-4-2-3-5-19(17)26-14-15/h2-10,18,21,23H,11-14H2,1H3/t18-,21-/m0/s1. The monoisotopic (exact) mass is 349 g/mol. The summed E-state index contributed by atoms with van der Waals surface area (Å²) in [6, 6.07) is 12.2. The van der Waals surface area contributed by atoms with Crippen LogP contribution in [0, 0.1) is 5.92 Å². The number of nitrogens with one attached hydrogen (secondary N) is 1. The molecule has 0 spiro atoms.